The van der Waals surface area contributed by atoms with Gasteiger partial charge < -0.3 is 15.0 Å². The number of carbonyl (C=O) groups excluding carboxylic acids is 2. The molecule has 6 heteroatoms. The zero-order valence-electron chi connectivity index (χ0n) is 12.4. The molecule has 21 heavy (non-hydrogen) atoms. The summed E-state index contributed by atoms with van der Waals surface area (Å²) >= 11 is 0. The van der Waals surface area contributed by atoms with E-state index in [0.29, 0.717) is 19.7 Å². The Balaban J connectivity index is 1.88. The van der Waals surface area contributed by atoms with Gasteiger partial charge in [-0.3, -0.25) is 14.6 Å². The number of nitrogens with zero attached hydrogens (tertiary/aromatic N) is 2. The van der Waals surface area contributed by atoms with Gasteiger partial charge in [0, 0.05) is 32.8 Å². The van der Waals surface area contributed by atoms with Gasteiger partial charge in [-0.15, -0.1) is 0 Å². The second kappa shape index (κ2) is 7.17. The second-order valence-corrected chi connectivity index (χ2v) is 5.22. The molecule has 1 saturated heterocycles. The first-order chi connectivity index (χ1) is 10.1. The lowest BCUT2D eigenvalue weighted by atomic mass is 10.1. The maximum absolute atomic E-state index is 12.2. The largest absolute Gasteiger partial charge is 0.383 e. The van der Waals surface area contributed by atoms with Gasteiger partial charge in [0.25, 0.3) is 0 Å². The van der Waals surface area contributed by atoms with E-state index in [9.17, 15) is 9.59 Å². The standard InChI is InChI=1S/C15H21N3O3/c1-11(13-5-3-4-6-16-13)17-15(20)12-9-14(19)18(10-12)7-8-21-2/h3-6,11-12H,7-10H2,1-2H3,(H,17,20). The minimum atomic E-state index is -0.291. The van der Waals surface area contributed by atoms with Crippen LogP contribution in [0.3, 0.4) is 0 Å². The molecule has 1 N–H and O–H groups in total. The van der Waals surface area contributed by atoms with Crippen LogP contribution in [-0.2, 0) is 14.3 Å². The van der Waals surface area contributed by atoms with Crippen LogP contribution in [0.15, 0.2) is 24.4 Å². The summed E-state index contributed by atoms with van der Waals surface area (Å²) in [7, 11) is 1.60. The molecule has 0 radical (unpaired) electrons. The molecule has 0 spiro atoms. The molecule has 2 amide bonds. The van der Waals surface area contributed by atoms with Crippen LogP contribution in [0.4, 0.5) is 0 Å². The number of aromatic nitrogens is 1. The molecule has 1 aliphatic rings. The summed E-state index contributed by atoms with van der Waals surface area (Å²) < 4.78 is 4.97. The SMILES string of the molecule is COCCN1CC(C(=O)NC(C)c2ccccn2)CC1=O. The average molecular weight is 291 g/mol. The van der Waals surface area contributed by atoms with Crippen LogP contribution >= 0.6 is 0 Å². The molecule has 6 nitrogen and oxygen atoms in total. The lowest BCUT2D eigenvalue weighted by molar-refractivity contribution is -0.129. The van der Waals surface area contributed by atoms with Gasteiger partial charge in [-0.25, -0.2) is 0 Å². The van der Waals surface area contributed by atoms with Crippen molar-refractivity contribution in [3.05, 3.63) is 30.1 Å². The summed E-state index contributed by atoms with van der Waals surface area (Å²) in [6.45, 7) is 3.38. The van der Waals surface area contributed by atoms with Gasteiger partial charge in [-0.2, -0.15) is 0 Å². The highest BCUT2D eigenvalue weighted by Gasteiger charge is 2.34. The lowest BCUT2D eigenvalue weighted by Gasteiger charge is -2.18. The minimum absolute atomic E-state index is 0.0117. The quantitative estimate of drug-likeness (QED) is 0.839. The second-order valence-electron chi connectivity index (χ2n) is 5.22. The van der Waals surface area contributed by atoms with Crippen LogP contribution < -0.4 is 5.32 Å². The third-order valence-electron chi connectivity index (χ3n) is 3.64. The number of amides is 2. The number of carbonyl (C=O) groups is 2. The Labute approximate surface area is 124 Å². The van der Waals surface area contributed by atoms with E-state index < -0.39 is 0 Å². The maximum atomic E-state index is 12.2. The fraction of sp³-hybridized carbons (Fsp3) is 0.533. The highest BCUT2D eigenvalue weighted by atomic mass is 16.5. The van der Waals surface area contributed by atoms with Crippen molar-refractivity contribution in [1.29, 1.82) is 0 Å². The molecule has 114 valence electrons. The zero-order valence-corrected chi connectivity index (χ0v) is 12.4. The Morgan fingerprint density at radius 3 is 3.05 bits per heavy atom. The van der Waals surface area contributed by atoms with Gasteiger partial charge in [0.15, 0.2) is 0 Å². The molecule has 1 aromatic heterocycles. The number of methoxy groups -OCH3 is 1. The lowest BCUT2D eigenvalue weighted by Crippen LogP contribution is -2.35. The first-order valence-corrected chi connectivity index (χ1v) is 7.10. The Hall–Kier alpha value is -1.95. The van der Waals surface area contributed by atoms with Crippen molar-refractivity contribution in [1.82, 2.24) is 15.2 Å². The van der Waals surface area contributed by atoms with Crippen molar-refractivity contribution in [3.63, 3.8) is 0 Å². The topological polar surface area (TPSA) is 71.5 Å². The molecule has 1 fully saturated rings. The number of ether oxygens (including phenoxy) is 1. The number of nitrogens with one attached hydrogen (secondary N) is 1. The van der Waals surface area contributed by atoms with Crippen molar-refractivity contribution >= 4 is 11.8 Å². The van der Waals surface area contributed by atoms with Crippen LogP contribution in [-0.4, -0.2) is 48.5 Å². The van der Waals surface area contributed by atoms with Crippen LogP contribution in [0.5, 0.6) is 0 Å². The van der Waals surface area contributed by atoms with Crippen molar-refractivity contribution < 1.29 is 14.3 Å². The smallest absolute Gasteiger partial charge is 0.225 e. The number of pyridine rings is 1. The minimum Gasteiger partial charge on any atom is -0.383 e. The van der Waals surface area contributed by atoms with Gasteiger partial charge in [-0.1, -0.05) is 6.07 Å². The molecule has 2 heterocycles. The molecule has 0 aliphatic carbocycles. The Bertz CT molecular complexity index is 492. The summed E-state index contributed by atoms with van der Waals surface area (Å²) in [5.74, 6) is -0.375. The van der Waals surface area contributed by atoms with Gasteiger partial charge in [0.2, 0.25) is 11.8 Å². The highest BCUT2D eigenvalue weighted by Crippen LogP contribution is 2.19. The van der Waals surface area contributed by atoms with E-state index in [-0.39, 0.29) is 30.2 Å². The van der Waals surface area contributed by atoms with E-state index in [1.165, 1.54) is 0 Å². The normalized spacial score (nSPS) is 19.6. The fourth-order valence-electron chi connectivity index (χ4n) is 2.40. The molecule has 0 aromatic carbocycles. The third kappa shape index (κ3) is 4.01. The number of hydrogen-bond donors (Lipinski definition) is 1. The van der Waals surface area contributed by atoms with Crippen LogP contribution in [0.1, 0.15) is 25.1 Å². The summed E-state index contributed by atoms with van der Waals surface area (Å²) in [4.78, 5) is 30.0. The maximum Gasteiger partial charge on any atom is 0.225 e. The first-order valence-electron chi connectivity index (χ1n) is 7.10. The summed E-state index contributed by atoms with van der Waals surface area (Å²) in [5.41, 5.74) is 0.811. The molecule has 2 unspecified atom stereocenters. The summed E-state index contributed by atoms with van der Waals surface area (Å²) in [5, 5.41) is 2.92. The predicted molar refractivity (Wildman–Crippen MR) is 77.4 cm³/mol. The Morgan fingerprint density at radius 2 is 2.38 bits per heavy atom. The number of hydrogen-bond acceptors (Lipinski definition) is 4. The Kier molecular flexibility index (Phi) is 5.27. The molecule has 2 rings (SSSR count). The number of rotatable bonds is 6. The molecular weight excluding hydrogens is 270 g/mol. The van der Waals surface area contributed by atoms with Crippen molar-refractivity contribution in [2.45, 2.75) is 19.4 Å². The third-order valence-corrected chi connectivity index (χ3v) is 3.64. The fourth-order valence-corrected chi connectivity index (χ4v) is 2.40. The van der Waals surface area contributed by atoms with Gasteiger partial charge in [0.1, 0.15) is 0 Å². The molecule has 1 aliphatic heterocycles. The summed E-state index contributed by atoms with van der Waals surface area (Å²) in [6.07, 6.45) is 1.97. The van der Waals surface area contributed by atoms with Crippen molar-refractivity contribution in [2.75, 3.05) is 26.8 Å². The van der Waals surface area contributed by atoms with Gasteiger partial charge in [0.05, 0.1) is 24.3 Å². The monoisotopic (exact) mass is 291 g/mol. The molecular formula is C15H21N3O3. The van der Waals surface area contributed by atoms with E-state index in [1.54, 1.807) is 18.2 Å². The zero-order chi connectivity index (χ0) is 15.2. The molecule has 2 atom stereocenters. The average Bonchev–Trinajstić information content (AvgIpc) is 2.87. The highest BCUT2D eigenvalue weighted by molar-refractivity contribution is 5.89. The van der Waals surface area contributed by atoms with E-state index in [2.05, 4.69) is 10.3 Å². The van der Waals surface area contributed by atoms with Crippen LogP contribution in [0, 0.1) is 5.92 Å². The van der Waals surface area contributed by atoms with Crippen molar-refractivity contribution in [2.24, 2.45) is 5.92 Å². The van der Waals surface area contributed by atoms with Gasteiger partial charge in [-0.05, 0) is 19.1 Å². The van der Waals surface area contributed by atoms with E-state index >= 15 is 0 Å². The molecule has 0 bridgehead atoms. The van der Waals surface area contributed by atoms with E-state index in [1.807, 2.05) is 25.1 Å². The van der Waals surface area contributed by atoms with Crippen molar-refractivity contribution in [3.8, 4) is 0 Å². The summed E-state index contributed by atoms with van der Waals surface area (Å²) in [6, 6.07) is 5.43. The predicted octanol–water partition coefficient (Wildman–Crippen LogP) is 0.754. The van der Waals surface area contributed by atoms with Gasteiger partial charge >= 0.3 is 0 Å². The first kappa shape index (κ1) is 15.4. The van der Waals surface area contributed by atoms with Crippen LogP contribution in [0.2, 0.25) is 0 Å². The Morgan fingerprint density at radius 1 is 1.57 bits per heavy atom. The van der Waals surface area contributed by atoms with Crippen LogP contribution in [0.25, 0.3) is 0 Å². The molecule has 0 saturated carbocycles. The molecule has 1 aromatic rings. The number of likely N-dealkylation sites (tertiary alicyclic amines) is 1. The van der Waals surface area contributed by atoms with E-state index in [0.717, 1.165) is 5.69 Å². The van der Waals surface area contributed by atoms with E-state index in [4.69, 9.17) is 4.74 Å².